The largest absolute Gasteiger partial charge is 0.296 e. The van der Waals surface area contributed by atoms with Crippen LogP contribution in [0.4, 0.5) is 10.8 Å². The predicted octanol–water partition coefficient (Wildman–Crippen LogP) is 4.04. The van der Waals surface area contributed by atoms with Gasteiger partial charge in [-0.05, 0) is 12.5 Å². The van der Waals surface area contributed by atoms with Crippen LogP contribution < -0.4 is 5.32 Å². The van der Waals surface area contributed by atoms with Gasteiger partial charge in [0.2, 0.25) is 5.13 Å². The lowest BCUT2D eigenvalue weighted by atomic mass is 9.91. The normalized spacial score (nSPS) is 11.3. The highest BCUT2D eigenvalue weighted by Crippen LogP contribution is 2.31. The van der Waals surface area contributed by atoms with Crippen LogP contribution >= 0.6 is 22.9 Å². The molecule has 0 spiro atoms. The van der Waals surface area contributed by atoms with E-state index in [0.29, 0.717) is 5.13 Å². The van der Waals surface area contributed by atoms with E-state index in [2.05, 4.69) is 15.5 Å². The van der Waals surface area contributed by atoms with Crippen molar-refractivity contribution in [2.45, 2.75) is 32.6 Å². The Labute approximate surface area is 141 Å². The van der Waals surface area contributed by atoms with Gasteiger partial charge in [0.1, 0.15) is 5.01 Å². The summed E-state index contributed by atoms with van der Waals surface area (Å²) in [5.74, 6) is -0.560. The molecule has 0 saturated heterocycles. The Morgan fingerprint density at radius 3 is 2.74 bits per heavy atom. The number of carbonyl (C=O) groups is 1. The Hall–Kier alpha value is -2.06. The van der Waals surface area contributed by atoms with E-state index >= 15 is 0 Å². The summed E-state index contributed by atoms with van der Waals surface area (Å²) >= 11 is 7.22. The molecule has 0 aliphatic carbocycles. The molecule has 0 saturated carbocycles. The Bertz CT molecular complexity index is 760. The first kappa shape index (κ1) is 17.3. The highest BCUT2D eigenvalue weighted by Gasteiger charge is 2.24. The van der Waals surface area contributed by atoms with Gasteiger partial charge in [0, 0.05) is 17.5 Å². The van der Waals surface area contributed by atoms with Gasteiger partial charge in [0.25, 0.3) is 11.6 Å². The molecule has 0 fully saturated rings. The van der Waals surface area contributed by atoms with Crippen molar-refractivity contribution in [2.24, 2.45) is 0 Å². The zero-order valence-electron chi connectivity index (χ0n) is 12.8. The number of carbonyl (C=O) groups excluding carboxylic acids is 1. The highest BCUT2D eigenvalue weighted by atomic mass is 35.5. The van der Waals surface area contributed by atoms with Crippen molar-refractivity contribution < 1.29 is 9.72 Å². The second kappa shape index (κ2) is 6.59. The maximum atomic E-state index is 12.3. The third kappa shape index (κ3) is 3.83. The number of nitrogens with zero attached hydrogens (tertiary/aromatic N) is 3. The van der Waals surface area contributed by atoms with Gasteiger partial charge in [-0.2, -0.15) is 0 Å². The molecule has 2 aromatic rings. The number of halogens is 1. The average Bonchev–Trinajstić information content (AvgIpc) is 2.96. The van der Waals surface area contributed by atoms with Crippen molar-refractivity contribution in [1.29, 1.82) is 0 Å². The SMILES string of the molecule is CCC(C)(C)c1nnc(NC(=O)c2cc([N+](=O)[O-])ccc2Cl)s1. The first-order valence-corrected chi connectivity index (χ1v) is 8.03. The summed E-state index contributed by atoms with van der Waals surface area (Å²) in [7, 11) is 0. The van der Waals surface area contributed by atoms with Crippen LogP contribution in [0.2, 0.25) is 5.02 Å². The number of hydrogen-bond donors (Lipinski definition) is 1. The van der Waals surface area contributed by atoms with E-state index in [1.807, 2.05) is 20.8 Å². The fourth-order valence-electron chi connectivity index (χ4n) is 1.66. The van der Waals surface area contributed by atoms with Gasteiger partial charge in [0.15, 0.2) is 0 Å². The zero-order chi connectivity index (χ0) is 17.2. The van der Waals surface area contributed by atoms with E-state index in [1.54, 1.807) is 0 Å². The number of anilines is 1. The predicted molar refractivity (Wildman–Crippen MR) is 89.3 cm³/mol. The summed E-state index contributed by atoms with van der Waals surface area (Å²) in [5.41, 5.74) is -0.318. The van der Waals surface area contributed by atoms with E-state index in [-0.39, 0.29) is 21.7 Å². The first-order valence-electron chi connectivity index (χ1n) is 6.84. The van der Waals surface area contributed by atoms with Crippen LogP contribution in [0, 0.1) is 10.1 Å². The molecule has 2 rings (SSSR count). The summed E-state index contributed by atoms with van der Waals surface area (Å²) < 4.78 is 0. The number of benzene rings is 1. The maximum Gasteiger partial charge on any atom is 0.270 e. The fraction of sp³-hybridized carbons (Fsp3) is 0.357. The molecule has 1 aromatic carbocycles. The van der Waals surface area contributed by atoms with Crippen molar-refractivity contribution in [1.82, 2.24) is 10.2 Å². The van der Waals surface area contributed by atoms with Gasteiger partial charge in [-0.25, -0.2) is 0 Å². The smallest absolute Gasteiger partial charge is 0.270 e. The van der Waals surface area contributed by atoms with Crippen LogP contribution in [-0.2, 0) is 5.41 Å². The average molecular weight is 355 g/mol. The number of hydrogen-bond acceptors (Lipinski definition) is 6. The highest BCUT2D eigenvalue weighted by molar-refractivity contribution is 7.15. The molecule has 1 aromatic heterocycles. The third-order valence-electron chi connectivity index (χ3n) is 3.51. The van der Waals surface area contributed by atoms with Gasteiger partial charge < -0.3 is 0 Å². The minimum atomic E-state index is -0.583. The van der Waals surface area contributed by atoms with Gasteiger partial charge in [-0.1, -0.05) is 43.7 Å². The van der Waals surface area contributed by atoms with E-state index in [1.165, 1.54) is 23.5 Å². The van der Waals surface area contributed by atoms with E-state index < -0.39 is 10.8 Å². The molecular formula is C14H15ClN4O3S. The molecule has 0 unspecified atom stereocenters. The number of rotatable bonds is 5. The van der Waals surface area contributed by atoms with Crippen molar-refractivity contribution >= 4 is 39.7 Å². The molecule has 7 nitrogen and oxygen atoms in total. The second-order valence-electron chi connectivity index (χ2n) is 5.53. The zero-order valence-corrected chi connectivity index (χ0v) is 14.4. The van der Waals surface area contributed by atoms with Gasteiger partial charge in [0.05, 0.1) is 15.5 Å². The number of aromatic nitrogens is 2. The van der Waals surface area contributed by atoms with Crippen molar-refractivity contribution in [2.75, 3.05) is 5.32 Å². The summed E-state index contributed by atoms with van der Waals surface area (Å²) in [5, 5.41) is 22.7. The lowest BCUT2D eigenvalue weighted by Gasteiger charge is -2.17. The molecule has 0 radical (unpaired) electrons. The molecule has 9 heteroatoms. The molecule has 23 heavy (non-hydrogen) atoms. The third-order valence-corrected chi connectivity index (χ3v) is 5.05. The number of nitro groups is 1. The molecule has 1 N–H and O–H groups in total. The van der Waals surface area contributed by atoms with Crippen LogP contribution in [0.1, 0.15) is 42.6 Å². The van der Waals surface area contributed by atoms with Crippen LogP contribution in [0.5, 0.6) is 0 Å². The summed E-state index contributed by atoms with van der Waals surface area (Å²) in [6, 6.07) is 3.70. The van der Waals surface area contributed by atoms with E-state index in [4.69, 9.17) is 11.6 Å². The molecule has 1 amide bonds. The minimum Gasteiger partial charge on any atom is -0.296 e. The molecule has 0 aliphatic rings. The topological polar surface area (TPSA) is 98.0 Å². The van der Waals surface area contributed by atoms with Crippen molar-refractivity contribution in [3.05, 3.63) is 43.9 Å². The maximum absolute atomic E-state index is 12.3. The number of nitro benzene ring substituents is 1. The summed E-state index contributed by atoms with van der Waals surface area (Å²) in [6.07, 6.45) is 0.881. The number of nitrogens with one attached hydrogen (secondary N) is 1. The van der Waals surface area contributed by atoms with Gasteiger partial charge >= 0.3 is 0 Å². The van der Waals surface area contributed by atoms with Crippen molar-refractivity contribution in [3.8, 4) is 0 Å². The number of non-ortho nitro benzene ring substituents is 1. The second-order valence-corrected chi connectivity index (χ2v) is 6.91. The van der Waals surface area contributed by atoms with Crippen LogP contribution in [0.3, 0.4) is 0 Å². The van der Waals surface area contributed by atoms with Crippen LogP contribution in [-0.4, -0.2) is 21.0 Å². The summed E-state index contributed by atoms with van der Waals surface area (Å²) in [4.78, 5) is 22.5. The van der Waals surface area contributed by atoms with Gasteiger partial charge in [-0.15, -0.1) is 10.2 Å². The van der Waals surface area contributed by atoms with Crippen molar-refractivity contribution in [3.63, 3.8) is 0 Å². The quantitative estimate of drug-likeness (QED) is 0.645. The molecule has 122 valence electrons. The molecule has 0 atom stereocenters. The lowest BCUT2D eigenvalue weighted by Crippen LogP contribution is -2.14. The monoisotopic (exact) mass is 354 g/mol. The van der Waals surface area contributed by atoms with Crippen LogP contribution in [0.25, 0.3) is 0 Å². The Morgan fingerprint density at radius 1 is 1.43 bits per heavy atom. The fourth-order valence-corrected chi connectivity index (χ4v) is 2.78. The lowest BCUT2D eigenvalue weighted by molar-refractivity contribution is -0.384. The van der Waals surface area contributed by atoms with E-state index in [9.17, 15) is 14.9 Å². The Kier molecular flexibility index (Phi) is 4.96. The Balaban J connectivity index is 2.23. The van der Waals surface area contributed by atoms with Crippen LogP contribution in [0.15, 0.2) is 18.2 Å². The standard InChI is InChI=1S/C14H15ClN4O3S/c1-4-14(2,3)12-17-18-13(23-12)16-11(20)9-7-8(19(21)22)5-6-10(9)15/h5-7H,4H2,1-3H3,(H,16,18,20). The van der Waals surface area contributed by atoms with E-state index in [0.717, 1.165) is 17.5 Å². The summed E-state index contributed by atoms with van der Waals surface area (Å²) in [6.45, 7) is 6.12. The minimum absolute atomic E-state index is 0.0207. The number of amides is 1. The first-order chi connectivity index (χ1) is 10.7. The molecule has 0 bridgehead atoms. The molecule has 0 aliphatic heterocycles. The Morgan fingerprint density at radius 2 is 2.13 bits per heavy atom. The molecular weight excluding hydrogens is 340 g/mol. The van der Waals surface area contributed by atoms with Gasteiger partial charge in [-0.3, -0.25) is 20.2 Å². The molecule has 1 heterocycles.